The number of rotatable bonds is 6. The first-order valence-electron chi connectivity index (χ1n) is 7.87. The molecule has 1 aliphatic heterocycles. The van der Waals surface area contributed by atoms with E-state index in [1.807, 2.05) is 0 Å². The van der Waals surface area contributed by atoms with E-state index < -0.39 is 0 Å². The van der Waals surface area contributed by atoms with Gasteiger partial charge in [-0.05, 0) is 45.2 Å². The molecule has 0 radical (unpaired) electrons. The fourth-order valence-electron chi connectivity index (χ4n) is 3.33. The van der Waals surface area contributed by atoms with Crippen molar-refractivity contribution in [2.75, 3.05) is 26.2 Å². The summed E-state index contributed by atoms with van der Waals surface area (Å²) in [4.78, 5) is 12.3. The lowest BCUT2D eigenvalue weighted by atomic mass is 9.82. The predicted octanol–water partition coefficient (Wildman–Crippen LogP) is 1.84. The zero-order chi connectivity index (χ0) is 13.6. The Balaban J connectivity index is 1.63. The molecule has 2 rings (SSSR count). The van der Waals surface area contributed by atoms with Crippen molar-refractivity contribution in [1.82, 2.24) is 10.6 Å². The van der Waals surface area contributed by atoms with Gasteiger partial charge in [0.1, 0.15) is 0 Å². The highest BCUT2D eigenvalue weighted by Gasteiger charge is 2.38. The number of carbonyl (C=O) groups excluding carboxylic acids is 1. The van der Waals surface area contributed by atoms with Crippen LogP contribution in [0.3, 0.4) is 0 Å². The molecule has 1 heterocycles. The van der Waals surface area contributed by atoms with Gasteiger partial charge in [0.15, 0.2) is 0 Å². The van der Waals surface area contributed by atoms with Gasteiger partial charge in [-0.15, -0.1) is 0 Å². The molecule has 0 unspecified atom stereocenters. The maximum Gasteiger partial charge on any atom is 0.226 e. The van der Waals surface area contributed by atoms with Crippen LogP contribution >= 0.6 is 0 Å². The molecule has 2 aliphatic rings. The van der Waals surface area contributed by atoms with Crippen LogP contribution in [-0.2, 0) is 9.53 Å². The third-order valence-corrected chi connectivity index (χ3v) is 4.75. The van der Waals surface area contributed by atoms with Gasteiger partial charge in [0.25, 0.3) is 0 Å². The van der Waals surface area contributed by atoms with Gasteiger partial charge >= 0.3 is 0 Å². The van der Waals surface area contributed by atoms with Crippen molar-refractivity contribution in [2.45, 2.75) is 58.0 Å². The van der Waals surface area contributed by atoms with Crippen LogP contribution in [0.1, 0.15) is 51.9 Å². The maximum absolute atomic E-state index is 12.3. The minimum absolute atomic E-state index is 0.0746. The standard InChI is InChI=1S/C15H28N2O2/c1-2-15(7-3-4-8-15)14(18)17-11-12-19-13-5-9-16-10-6-13/h13,16H,2-12H2,1H3,(H,17,18). The molecule has 4 heteroatoms. The highest BCUT2D eigenvalue weighted by atomic mass is 16.5. The van der Waals surface area contributed by atoms with E-state index in [2.05, 4.69) is 17.6 Å². The summed E-state index contributed by atoms with van der Waals surface area (Å²) >= 11 is 0. The number of ether oxygens (including phenoxy) is 1. The third-order valence-electron chi connectivity index (χ3n) is 4.75. The lowest BCUT2D eigenvalue weighted by molar-refractivity contribution is -0.131. The van der Waals surface area contributed by atoms with E-state index in [0.29, 0.717) is 19.3 Å². The normalized spacial score (nSPS) is 23.4. The predicted molar refractivity (Wildman–Crippen MR) is 76.0 cm³/mol. The van der Waals surface area contributed by atoms with Crippen LogP contribution in [0.25, 0.3) is 0 Å². The van der Waals surface area contributed by atoms with Gasteiger partial charge in [-0.25, -0.2) is 0 Å². The Morgan fingerprint density at radius 3 is 2.63 bits per heavy atom. The van der Waals surface area contributed by atoms with Crippen LogP contribution in [0.4, 0.5) is 0 Å². The van der Waals surface area contributed by atoms with Crippen molar-refractivity contribution in [2.24, 2.45) is 5.41 Å². The molecule has 1 saturated heterocycles. The average Bonchev–Trinajstić information content (AvgIpc) is 2.94. The molecular formula is C15H28N2O2. The Kier molecular flexibility index (Phi) is 5.64. The van der Waals surface area contributed by atoms with Crippen LogP contribution < -0.4 is 10.6 Å². The van der Waals surface area contributed by atoms with Gasteiger partial charge in [0, 0.05) is 12.0 Å². The molecule has 1 saturated carbocycles. The van der Waals surface area contributed by atoms with E-state index in [4.69, 9.17) is 4.74 Å². The summed E-state index contributed by atoms with van der Waals surface area (Å²) in [6.07, 6.45) is 8.05. The molecule has 4 nitrogen and oxygen atoms in total. The van der Waals surface area contributed by atoms with Crippen LogP contribution in [0.15, 0.2) is 0 Å². The van der Waals surface area contributed by atoms with Gasteiger partial charge in [-0.2, -0.15) is 0 Å². The Morgan fingerprint density at radius 2 is 2.00 bits per heavy atom. The second-order valence-electron chi connectivity index (χ2n) is 5.92. The summed E-state index contributed by atoms with van der Waals surface area (Å²) < 4.78 is 5.81. The average molecular weight is 268 g/mol. The van der Waals surface area contributed by atoms with Crippen LogP contribution in [0, 0.1) is 5.41 Å². The molecule has 0 aromatic rings. The van der Waals surface area contributed by atoms with Crippen molar-refractivity contribution < 1.29 is 9.53 Å². The maximum atomic E-state index is 12.3. The lowest BCUT2D eigenvalue weighted by Crippen LogP contribution is -2.41. The zero-order valence-electron chi connectivity index (χ0n) is 12.2. The number of hydrogen-bond donors (Lipinski definition) is 2. The monoisotopic (exact) mass is 268 g/mol. The number of carbonyl (C=O) groups is 1. The van der Waals surface area contributed by atoms with E-state index >= 15 is 0 Å². The largest absolute Gasteiger partial charge is 0.376 e. The van der Waals surface area contributed by atoms with E-state index in [1.54, 1.807) is 0 Å². The molecule has 0 aromatic heterocycles. The second-order valence-corrected chi connectivity index (χ2v) is 5.92. The topological polar surface area (TPSA) is 50.4 Å². The molecule has 0 atom stereocenters. The van der Waals surface area contributed by atoms with Crippen molar-refractivity contribution >= 4 is 5.91 Å². The number of nitrogens with one attached hydrogen (secondary N) is 2. The first kappa shape index (κ1) is 14.8. The molecule has 0 bridgehead atoms. The van der Waals surface area contributed by atoms with Crippen molar-refractivity contribution in [3.63, 3.8) is 0 Å². The third kappa shape index (κ3) is 3.93. The minimum Gasteiger partial charge on any atom is -0.376 e. The Hall–Kier alpha value is -0.610. The summed E-state index contributed by atoms with van der Waals surface area (Å²) in [7, 11) is 0. The lowest BCUT2D eigenvalue weighted by Gasteiger charge is -2.27. The van der Waals surface area contributed by atoms with Crippen LogP contribution in [-0.4, -0.2) is 38.3 Å². The first-order valence-corrected chi connectivity index (χ1v) is 7.87. The highest BCUT2D eigenvalue weighted by molar-refractivity contribution is 5.82. The SMILES string of the molecule is CCC1(C(=O)NCCOC2CCNCC2)CCCC1. The summed E-state index contributed by atoms with van der Waals surface area (Å²) in [5, 5.41) is 6.40. The summed E-state index contributed by atoms with van der Waals surface area (Å²) in [5.74, 6) is 0.251. The molecular weight excluding hydrogens is 240 g/mol. The van der Waals surface area contributed by atoms with E-state index in [-0.39, 0.29) is 11.3 Å². The van der Waals surface area contributed by atoms with Gasteiger partial charge in [-0.3, -0.25) is 4.79 Å². The van der Waals surface area contributed by atoms with Crippen LogP contribution in [0.2, 0.25) is 0 Å². The Bertz CT molecular complexity index is 282. The molecule has 1 amide bonds. The molecule has 2 fully saturated rings. The molecule has 0 aromatic carbocycles. The molecule has 2 N–H and O–H groups in total. The van der Waals surface area contributed by atoms with E-state index in [9.17, 15) is 4.79 Å². The first-order chi connectivity index (χ1) is 9.27. The van der Waals surface area contributed by atoms with Crippen molar-refractivity contribution in [1.29, 1.82) is 0 Å². The fraction of sp³-hybridized carbons (Fsp3) is 0.933. The molecule has 0 spiro atoms. The number of piperidine rings is 1. The number of amides is 1. The van der Waals surface area contributed by atoms with Gasteiger partial charge < -0.3 is 15.4 Å². The molecule has 19 heavy (non-hydrogen) atoms. The quantitative estimate of drug-likeness (QED) is 0.723. The van der Waals surface area contributed by atoms with Crippen molar-refractivity contribution in [3.8, 4) is 0 Å². The van der Waals surface area contributed by atoms with E-state index in [1.165, 1.54) is 12.8 Å². The van der Waals surface area contributed by atoms with Gasteiger partial charge in [0.05, 0.1) is 12.7 Å². The Labute approximate surface area is 116 Å². The second kappa shape index (κ2) is 7.25. The van der Waals surface area contributed by atoms with E-state index in [0.717, 1.165) is 45.2 Å². The Morgan fingerprint density at radius 1 is 1.32 bits per heavy atom. The highest BCUT2D eigenvalue weighted by Crippen LogP contribution is 2.40. The minimum atomic E-state index is -0.0746. The van der Waals surface area contributed by atoms with Gasteiger partial charge in [-0.1, -0.05) is 19.8 Å². The van der Waals surface area contributed by atoms with Crippen LogP contribution in [0.5, 0.6) is 0 Å². The number of hydrogen-bond acceptors (Lipinski definition) is 3. The smallest absolute Gasteiger partial charge is 0.226 e. The fourth-order valence-corrected chi connectivity index (χ4v) is 3.33. The summed E-state index contributed by atoms with van der Waals surface area (Å²) in [6.45, 7) is 5.54. The summed E-state index contributed by atoms with van der Waals surface area (Å²) in [6, 6.07) is 0. The molecule has 110 valence electrons. The molecule has 1 aliphatic carbocycles. The van der Waals surface area contributed by atoms with Gasteiger partial charge in [0.2, 0.25) is 5.91 Å². The van der Waals surface area contributed by atoms with Crippen molar-refractivity contribution in [3.05, 3.63) is 0 Å². The summed E-state index contributed by atoms with van der Waals surface area (Å²) in [5.41, 5.74) is -0.0746. The zero-order valence-corrected chi connectivity index (χ0v) is 12.2.